The number of nitrogens with one attached hydrogen (secondary N) is 1. The van der Waals surface area contributed by atoms with Crippen LogP contribution in [0.5, 0.6) is 0 Å². The fourth-order valence-electron chi connectivity index (χ4n) is 3.99. The first-order chi connectivity index (χ1) is 9.90. The van der Waals surface area contributed by atoms with E-state index < -0.39 is 0 Å². The highest BCUT2D eigenvalue weighted by Gasteiger charge is 2.41. The molecule has 2 atom stereocenters. The summed E-state index contributed by atoms with van der Waals surface area (Å²) in [5.74, 6) is 0. The van der Waals surface area contributed by atoms with Crippen LogP contribution in [0.1, 0.15) is 66.7 Å². The van der Waals surface area contributed by atoms with E-state index in [1.807, 2.05) is 0 Å². The van der Waals surface area contributed by atoms with E-state index in [2.05, 4.69) is 44.8 Å². The van der Waals surface area contributed by atoms with Gasteiger partial charge in [-0.2, -0.15) is 0 Å². The van der Waals surface area contributed by atoms with Gasteiger partial charge in [0.15, 0.2) is 0 Å². The third-order valence-electron chi connectivity index (χ3n) is 5.73. The molecule has 0 aliphatic carbocycles. The van der Waals surface area contributed by atoms with E-state index in [0.29, 0.717) is 23.1 Å². The number of piperazine rings is 1. The number of ether oxygens (including phenoxy) is 1. The first-order valence-electron chi connectivity index (χ1n) is 9.01. The number of nitrogens with zero attached hydrogens (tertiary/aromatic N) is 1. The van der Waals surface area contributed by atoms with E-state index in [9.17, 15) is 0 Å². The summed E-state index contributed by atoms with van der Waals surface area (Å²) in [5, 5.41) is 3.87. The van der Waals surface area contributed by atoms with Crippen molar-refractivity contribution in [1.29, 1.82) is 0 Å². The Kier molecular flexibility index (Phi) is 5.72. The second-order valence-corrected chi connectivity index (χ2v) is 8.14. The minimum atomic E-state index is 0.318. The van der Waals surface area contributed by atoms with E-state index >= 15 is 0 Å². The molecule has 2 fully saturated rings. The Morgan fingerprint density at radius 1 is 1.24 bits per heavy atom. The average molecular weight is 296 g/mol. The van der Waals surface area contributed by atoms with E-state index in [-0.39, 0.29) is 0 Å². The molecule has 1 N–H and O–H groups in total. The number of hydrogen-bond donors (Lipinski definition) is 1. The molecule has 2 unspecified atom stereocenters. The highest BCUT2D eigenvalue weighted by atomic mass is 16.5. The second kappa shape index (κ2) is 6.97. The lowest BCUT2D eigenvalue weighted by atomic mass is 9.80. The Morgan fingerprint density at radius 2 is 1.95 bits per heavy atom. The minimum absolute atomic E-state index is 0.318. The predicted octanol–water partition coefficient (Wildman–Crippen LogP) is 3.43. The van der Waals surface area contributed by atoms with E-state index in [1.165, 1.54) is 45.2 Å². The molecule has 0 aromatic heterocycles. The van der Waals surface area contributed by atoms with Crippen molar-refractivity contribution in [3.63, 3.8) is 0 Å². The maximum Gasteiger partial charge on any atom is 0.0588 e. The highest BCUT2D eigenvalue weighted by Crippen LogP contribution is 2.32. The summed E-state index contributed by atoms with van der Waals surface area (Å²) in [6, 6.07) is 0.630. The van der Waals surface area contributed by atoms with Crippen LogP contribution in [-0.2, 0) is 4.74 Å². The first-order valence-corrected chi connectivity index (χ1v) is 9.01. The van der Waals surface area contributed by atoms with E-state index in [0.717, 1.165) is 13.2 Å². The maximum absolute atomic E-state index is 5.83. The molecule has 0 aromatic rings. The van der Waals surface area contributed by atoms with Crippen molar-refractivity contribution < 1.29 is 4.74 Å². The van der Waals surface area contributed by atoms with Crippen molar-refractivity contribution in [2.45, 2.75) is 84.4 Å². The van der Waals surface area contributed by atoms with Gasteiger partial charge in [0.25, 0.3) is 0 Å². The van der Waals surface area contributed by atoms with Gasteiger partial charge < -0.3 is 10.1 Å². The fourth-order valence-corrected chi connectivity index (χ4v) is 3.99. The maximum atomic E-state index is 5.83. The molecule has 0 saturated carbocycles. The summed E-state index contributed by atoms with van der Waals surface area (Å²) in [5.41, 5.74) is 0.648. The summed E-state index contributed by atoms with van der Waals surface area (Å²) in [6.07, 6.45) is 6.67. The smallest absolute Gasteiger partial charge is 0.0588 e. The zero-order chi connectivity index (χ0) is 15.5. The molecule has 3 nitrogen and oxygen atoms in total. The molecule has 0 amide bonds. The molecule has 0 spiro atoms. The van der Waals surface area contributed by atoms with Crippen molar-refractivity contribution in [2.75, 3.05) is 26.2 Å². The number of hydrogen-bond acceptors (Lipinski definition) is 3. The van der Waals surface area contributed by atoms with Crippen LogP contribution in [-0.4, -0.2) is 48.8 Å². The second-order valence-electron chi connectivity index (χ2n) is 8.14. The SMILES string of the molecule is CCC1(CC)CN(CCC2CCCO2)C(C(C)(C)C)CN1. The average Bonchev–Trinajstić information content (AvgIpc) is 2.97. The molecule has 21 heavy (non-hydrogen) atoms. The Labute approximate surface area is 131 Å². The Balaban J connectivity index is 2.01. The standard InChI is InChI=1S/C18H36N2O/c1-6-18(7-2)14-20(11-10-15-9-8-12-21-15)16(13-19-18)17(3,4)5/h15-16,19H,6-14H2,1-5H3. The molecule has 2 heterocycles. The lowest BCUT2D eigenvalue weighted by Gasteiger charge is -2.51. The van der Waals surface area contributed by atoms with Crippen LogP contribution < -0.4 is 5.32 Å². The lowest BCUT2D eigenvalue weighted by molar-refractivity contribution is 0.00591. The summed E-state index contributed by atoms with van der Waals surface area (Å²) in [7, 11) is 0. The highest BCUT2D eigenvalue weighted by molar-refractivity contribution is 5.00. The molecule has 0 radical (unpaired) electrons. The zero-order valence-corrected chi connectivity index (χ0v) is 14.9. The normalized spacial score (nSPS) is 30.7. The van der Waals surface area contributed by atoms with Crippen LogP contribution in [0.2, 0.25) is 0 Å². The van der Waals surface area contributed by atoms with Gasteiger partial charge in [-0.15, -0.1) is 0 Å². The molecule has 2 rings (SSSR count). The van der Waals surface area contributed by atoms with Crippen LogP contribution in [0, 0.1) is 5.41 Å². The molecule has 2 saturated heterocycles. The Hall–Kier alpha value is -0.120. The van der Waals surface area contributed by atoms with Crippen LogP contribution >= 0.6 is 0 Å². The Bertz CT molecular complexity index is 314. The molecular formula is C18H36N2O. The van der Waals surface area contributed by atoms with Gasteiger partial charge in [-0.3, -0.25) is 4.90 Å². The van der Waals surface area contributed by atoms with Gasteiger partial charge in [-0.1, -0.05) is 34.6 Å². The van der Waals surface area contributed by atoms with Crippen LogP contribution in [0.15, 0.2) is 0 Å². The van der Waals surface area contributed by atoms with Crippen LogP contribution in [0.4, 0.5) is 0 Å². The van der Waals surface area contributed by atoms with Crippen molar-refractivity contribution in [2.24, 2.45) is 5.41 Å². The monoisotopic (exact) mass is 296 g/mol. The summed E-state index contributed by atoms with van der Waals surface area (Å²) in [6.45, 7) is 16.3. The van der Waals surface area contributed by atoms with Gasteiger partial charge in [0, 0.05) is 37.8 Å². The summed E-state index contributed by atoms with van der Waals surface area (Å²) >= 11 is 0. The topological polar surface area (TPSA) is 24.5 Å². The quantitative estimate of drug-likeness (QED) is 0.841. The van der Waals surface area contributed by atoms with Gasteiger partial charge in [0.2, 0.25) is 0 Å². The third kappa shape index (κ3) is 4.20. The summed E-state index contributed by atoms with van der Waals surface area (Å²) < 4.78 is 5.83. The molecule has 124 valence electrons. The molecule has 2 aliphatic rings. The van der Waals surface area contributed by atoms with Gasteiger partial charge >= 0.3 is 0 Å². The van der Waals surface area contributed by atoms with Crippen molar-refractivity contribution in [3.05, 3.63) is 0 Å². The third-order valence-corrected chi connectivity index (χ3v) is 5.73. The van der Waals surface area contributed by atoms with Gasteiger partial charge in [0.05, 0.1) is 6.10 Å². The fraction of sp³-hybridized carbons (Fsp3) is 1.00. The van der Waals surface area contributed by atoms with Gasteiger partial charge in [0.1, 0.15) is 0 Å². The van der Waals surface area contributed by atoms with Gasteiger partial charge in [-0.05, 0) is 37.5 Å². The first kappa shape index (κ1) is 17.2. The molecule has 0 aromatic carbocycles. The van der Waals surface area contributed by atoms with E-state index in [4.69, 9.17) is 4.74 Å². The molecule has 0 bridgehead atoms. The van der Waals surface area contributed by atoms with E-state index in [1.54, 1.807) is 0 Å². The zero-order valence-electron chi connectivity index (χ0n) is 14.9. The Morgan fingerprint density at radius 3 is 2.48 bits per heavy atom. The largest absolute Gasteiger partial charge is 0.378 e. The molecule has 2 aliphatic heterocycles. The predicted molar refractivity (Wildman–Crippen MR) is 89.7 cm³/mol. The van der Waals surface area contributed by atoms with Crippen molar-refractivity contribution in [1.82, 2.24) is 10.2 Å². The minimum Gasteiger partial charge on any atom is -0.378 e. The van der Waals surface area contributed by atoms with Crippen LogP contribution in [0.25, 0.3) is 0 Å². The molecular weight excluding hydrogens is 260 g/mol. The van der Waals surface area contributed by atoms with Crippen molar-refractivity contribution >= 4 is 0 Å². The van der Waals surface area contributed by atoms with Gasteiger partial charge in [-0.25, -0.2) is 0 Å². The van der Waals surface area contributed by atoms with Crippen molar-refractivity contribution in [3.8, 4) is 0 Å². The summed E-state index contributed by atoms with van der Waals surface area (Å²) in [4.78, 5) is 2.76. The number of rotatable bonds is 5. The molecule has 3 heteroatoms. The van der Waals surface area contributed by atoms with Crippen LogP contribution in [0.3, 0.4) is 0 Å². The lowest BCUT2D eigenvalue weighted by Crippen LogP contribution is -2.66.